The van der Waals surface area contributed by atoms with Crippen LogP contribution in [-0.4, -0.2) is 32.9 Å². The van der Waals surface area contributed by atoms with Crippen molar-refractivity contribution in [3.63, 3.8) is 0 Å². The van der Waals surface area contributed by atoms with E-state index in [-0.39, 0.29) is 11.2 Å². The van der Waals surface area contributed by atoms with Crippen molar-refractivity contribution in [3.8, 4) is 5.75 Å². The molecule has 92 valence electrons. The number of alkyl halides is 2. The van der Waals surface area contributed by atoms with Gasteiger partial charge in [0.05, 0.1) is 24.3 Å². The van der Waals surface area contributed by atoms with Gasteiger partial charge >= 0.3 is 6.61 Å². The largest absolute Gasteiger partial charge is 0.433 e. The van der Waals surface area contributed by atoms with Gasteiger partial charge in [-0.3, -0.25) is 0 Å². The Kier molecular flexibility index (Phi) is 2.43. The quantitative estimate of drug-likeness (QED) is 0.809. The van der Waals surface area contributed by atoms with Gasteiger partial charge in [0, 0.05) is 13.1 Å². The molecule has 3 nitrogen and oxygen atoms in total. The van der Waals surface area contributed by atoms with E-state index in [0.717, 1.165) is 32.0 Å². The first-order valence-electron chi connectivity index (χ1n) is 5.55. The normalized spacial score (nSPS) is 21.2. The summed E-state index contributed by atoms with van der Waals surface area (Å²) in [7, 11) is 0. The smallest absolute Gasteiger partial charge is 0.387 e. The van der Waals surface area contributed by atoms with Gasteiger partial charge in [-0.1, -0.05) is 12.1 Å². The Hall–Kier alpha value is -1.36. The van der Waals surface area contributed by atoms with E-state index in [4.69, 9.17) is 4.74 Å². The van der Waals surface area contributed by atoms with E-state index in [1.165, 1.54) is 0 Å². The van der Waals surface area contributed by atoms with Gasteiger partial charge in [0.2, 0.25) is 0 Å². The maximum absolute atomic E-state index is 12.3. The number of halogens is 2. The molecule has 2 aliphatic rings. The second kappa shape index (κ2) is 3.84. The Morgan fingerprint density at radius 1 is 1.24 bits per heavy atom. The highest BCUT2D eigenvalue weighted by Gasteiger charge is 2.49. The Balaban J connectivity index is 1.74. The van der Waals surface area contributed by atoms with Crippen molar-refractivity contribution in [1.82, 2.24) is 0 Å². The molecule has 3 rings (SSSR count). The highest BCUT2D eigenvalue weighted by Crippen LogP contribution is 2.43. The molecule has 0 atom stereocenters. The zero-order valence-corrected chi connectivity index (χ0v) is 9.23. The fraction of sp³-hybridized carbons (Fsp3) is 0.500. The molecular formula is C12H13F2NO2. The SMILES string of the molecule is FC(F)Oc1ccccc1N1CC2(COC2)C1. The first-order chi connectivity index (χ1) is 8.19. The number of anilines is 1. The predicted molar refractivity (Wildman–Crippen MR) is 58.5 cm³/mol. The molecule has 1 spiro atoms. The van der Waals surface area contributed by atoms with Gasteiger partial charge < -0.3 is 14.4 Å². The van der Waals surface area contributed by atoms with Crippen LogP contribution in [0.2, 0.25) is 0 Å². The van der Waals surface area contributed by atoms with E-state index in [2.05, 4.69) is 9.64 Å². The maximum Gasteiger partial charge on any atom is 0.387 e. The summed E-state index contributed by atoms with van der Waals surface area (Å²) in [6.07, 6.45) is 0. The van der Waals surface area contributed by atoms with Crippen molar-refractivity contribution in [2.24, 2.45) is 5.41 Å². The summed E-state index contributed by atoms with van der Waals surface area (Å²) in [5.74, 6) is 0.248. The zero-order valence-electron chi connectivity index (χ0n) is 9.23. The molecule has 0 aliphatic carbocycles. The Morgan fingerprint density at radius 3 is 2.53 bits per heavy atom. The van der Waals surface area contributed by atoms with E-state index in [0.29, 0.717) is 0 Å². The van der Waals surface area contributed by atoms with Gasteiger partial charge in [-0.2, -0.15) is 8.78 Å². The highest BCUT2D eigenvalue weighted by molar-refractivity contribution is 5.60. The number of rotatable bonds is 3. The van der Waals surface area contributed by atoms with Crippen LogP contribution >= 0.6 is 0 Å². The van der Waals surface area contributed by atoms with Crippen molar-refractivity contribution in [1.29, 1.82) is 0 Å². The van der Waals surface area contributed by atoms with E-state index in [1.54, 1.807) is 12.1 Å². The van der Waals surface area contributed by atoms with Crippen molar-refractivity contribution in [2.75, 3.05) is 31.2 Å². The van der Waals surface area contributed by atoms with Crippen LogP contribution in [0.25, 0.3) is 0 Å². The number of benzene rings is 1. The summed E-state index contributed by atoms with van der Waals surface area (Å²) in [6, 6.07) is 6.91. The van der Waals surface area contributed by atoms with Gasteiger partial charge in [0.25, 0.3) is 0 Å². The van der Waals surface area contributed by atoms with Gasteiger partial charge in [-0.05, 0) is 12.1 Å². The highest BCUT2D eigenvalue weighted by atomic mass is 19.3. The Labute approximate surface area is 97.9 Å². The standard InChI is InChI=1S/C12H13F2NO2/c13-11(14)17-10-4-2-1-3-9(10)15-5-12(6-15)7-16-8-12/h1-4,11H,5-8H2. The summed E-state index contributed by atoms with van der Waals surface area (Å²) in [4.78, 5) is 2.06. The van der Waals surface area contributed by atoms with Crippen LogP contribution < -0.4 is 9.64 Å². The minimum atomic E-state index is -2.78. The molecule has 5 heteroatoms. The third-order valence-electron chi connectivity index (χ3n) is 3.29. The molecule has 2 heterocycles. The molecule has 0 unspecified atom stereocenters. The molecule has 0 aromatic heterocycles. The fourth-order valence-electron chi connectivity index (χ4n) is 2.42. The number of ether oxygens (including phenoxy) is 2. The monoisotopic (exact) mass is 241 g/mol. The van der Waals surface area contributed by atoms with E-state index in [1.807, 2.05) is 12.1 Å². The summed E-state index contributed by atoms with van der Waals surface area (Å²) < 4.78 is 34.2. The predicted octanol–water partition coefficient (Wildman–Crippen LogP) is 2.12. The number of para-hydroxylation sites is 2. The lowest BCUT2D eigenvalue weighted by Crippen LogP contribution is -2.66. The molecule has 0 saturated carbocycles. The number of nitrogens with zero attached hydrogens (tertiary/aromatic N) is 1. The van der Waals surface area contributed by atoms with E-state index < -0.39 is 6.61 Å². The van der Waals surface area contributed by atoms with Crippen molar-refractivity contribution < 1.29 is 18.3 Å². The Bertz CT molecular complexity index is 413. The first-order valence-corrected chi connectivity index (χ1v) is 5.55. The molecule has 0 radical (unpaired) electrons. The molecule has 0 bridgehead atoms. The van der Waals surface area contributed by atoms with Gasteiger partial charge in [0.1, 0.15) is 5.75 Å². The van der Waals surface area contributed by atoms with Crippen LogP contribution in [0.15, 0.2) is 24.3 Å². The molecule has 17 heavy (non-hydrogen) atoms. The van der Waals surface area contributed by atoms with Crippen molar-refractivity contribution in [2.45, 2.75) is 6.61 Å². The van der Waals surface area contributed by atoms with Crippen LogP contribution in [0.5, 0.6) is 5.75 Å². The molecule has 1 aromatic rings. The van der Waals surface area contributed by atoms with Gasteiger partial charge in [0.15, 0.2) is 0 Å². The average molecular weight is 241 g/mol. The van der Waals surface area contributed by atoms with Crippen LogP contribution in [0.3, 0.4) is 0 Å². The summed E-state index contributed by atoms with van der Waals surface area (Å²) in [5, 5.41) is 0. The van der Waals surface area contributed by atoms with Crippen molar-refractivity contribution in [3.05, 3.63) is 24.3 Å². The summed E-state index contributed by atoms with van der Waals surface area (Å²) in [6.45, 7) is 0.495. The molecule has 2 saturated heterocycles. The number of hydrogen-bond acceptors (Lipinski definition) is 3. The second-order valence-electron chi connectivity index (χ2n) is 4.70. The average Bonchev–Trinajstić information content (AvgIpc) is 2.15. The minimum Gasteiger partial charge on any atom is -0.433 e. The lowest BCUT2D eigenvalue weighted by molar-refractivity contribution is -0.127. The minimum absolute atomic E-state index is 0.248. The fourth-order valence-corrected chi connectivity index (χ4v) is 2.42. The second-order valence-corrected chi connectivity index (χ2v) is 4.70. The molecule has 1 aromatic carbocycles. The van der Waals surface area contributed by atoms with Gasteiger partial charge in [-0.15, -0.1) is 0 Å². The Morgan fingerprint density at radius 2 is 1.94 bits per heavy atom. The maximum atomic E-state index is 12.3. The molecule has 2 fully saturated rings. The van der Waals surface area contributed by atoms with Crippen LogP contribution in [0.1, 0.15) is 0 Å². The third kappa shape index (κ3) is 1.84. The van der Waals surface area contributed by atoms with Crippen LogP contribution in [0.4, 0.5) is 14.5 Å². The van der Waals surface area contributed by atoms with Crippen molar-refractivity contribution >= 4 is 5.69 Å². The van der Waals surface area contributed by atoms with E-state index in [9.17, 15) is 8.78 Å². The first kappa shape index (κ1) is 10.8. The molecular weight excluding hydrogens is 228 g/mol. The number of hydrogen-bond donors (Lipinski definition) is 0. The van der Waals surface area contributed by atoms with E-state index >= 15 is 0 Å². The zero-order chi connectivity index (χ0) is 11.9. The third-order valence-corrected chi connectivity index (χ3v) is 3.29. The van der Waals surface area contributed by atoms with Crippen LogP contribution in [0, 0.1) is 5.41 Å². The summed E-state index contributed by atoms with van der Waals surface area (Å²) >= 11 is 0. The molecule has 2 aliphatic heterocycles. The molecule has 0 N–H and O–H groups in total. The lowest BCUT2D eigenvalue weighted by atomic mass is 9.77. The topological polar surface area (TPSA) is 21.7 Å². The lowest BCUT2D eigenvalue weighted by Gasteiger charge is -2.56. The molecule has 0 amide bonds. The van der Waals surface area contributed by atoms with Crippen LogP contribution in [-0.2, 0) is 4.74 Å². The van der Waals surface area contributed by atoms with Gasteiger partial charge in [-0.25, -0.2) is 0 Å². The summed E-state index contributed by atoms with van der Waals surface area (Å²) in [5.41, 5.74) is 1.00.